The van der Waals surface area contributed by atoms with E-state index in [1.807, 2.05) is 26.0 Å². The van der Waals surface area contributed by atoms with E-state index in [4.69, 9.17) is 16.3 Å². The molecule has 2 heterocycles. The fourth-order valence-electron chi connectivity index (χ4n) is 4.06. The molecule has 2 aromatic carbocycles. The first-order valence-electron chi connectivity index (χ1n) is 9.19. The summed E-state index contributed by atoms with van der Waals surface area (Å²) in [4.78, 5) is 2.58. The van der Waals surface area contributed by atoms with Crippen LogP contribution in [0.2, 0.25) is 5.02 Å². The van der Waals surface area contributed by atoms with Gasteiger partial charge in [-0.05, 0) is 57.0 Å². The number of ether oxygens (including phenoxy) is 1. The lowest BCUT2D eigenvalue weighted by Gasteiger charge is -2.27. The smallest absolute Gasteiger partial charge is 0.121 e. The zero-order valence-corrected chi connectivity index (χ0v) is 15.6. The molecule has 0 amide bonds. The molecule has 0 aromatic heterocycles. The maximum atomic E-state index is 6.65. The van der Waals surface area contributed by atoms with Crippen molar-refractivity contribution in [1.82, 2.24) is 5.32 Å². The van der Waals surface area contributed by atoms with Crippen molar-refractivity contribution in [2.24, 2.45) is 0 Å². The predicted molar refractivity (Wildman–Crippen MR) is 105 cm³/mol. The third kappa shape index (κ3) is 3.23. The van der Waals surface area contributed by atoms with Crippen LogP contribution in [0.1, 0.15) is 25.8 Å². The first kappa shape index (κ1) is 16.7. The molecule has 1 fully saturated rings. The molecule has 1 saturated heterocycles. The zero-order chi connectivity index (χ0) is 17.4. The second-order valence-electron chi connectivity index (χ2n) is 7.21. The third-order valence-electron chi connectivity index (χ3n) is 5.09. The lowest BCUT2D eigenvalue weighted by Crippen LogP contribution is -2.33. The lowest BCUT2D eigenvalue weighted by molar-refractivity contribution is 0.242. The van der Waals surface area contributed by atoms with Crippen molar-refractivity contribution in [3.8, 4) is 16.9 Å². The Morgan fingerprint density at radius 3 is 2.84 bits per heavy atom. The first-order chi connectivity index (χ1) is 12.1. The second-order valence-corrected chi connectivity index (χ2v) is 7.62. The quantitative estimate of drug-likeness (QED) is 0.875. The number of hydrogen-bond donors (Lipinski definition) is 1. The molecule has 0 bridgehead atoms. The number of nitrogens with zero attached hydrogens (tertiary/aromatic N) is 1. The molecule has 4 heteroatoms. The summed E-state index contributed by atoms with van der Waals surface area (Å²) >= 11 is 6.65. The summed E-state index contributed by atoms with van der Waals surface area (Å²) in [6.45, 7) is 7.26. The summed E-state index contributed by atoms with van der Waals surface area (Å²) in [6.07, 6.45) is 2.48. The molecule has 0 radical (unpaired) electrons. The number of fused-ring (bicyclic) bond motifs is 3. The number of para-hydroxylation sites is 1. The van der Waals surface area contributed by atoms with Gasteiger partial charge in [-0.15, -0.1) is 0 Å². The van der Waals surface area contributed by atoms with E-state index >= 15 is 0 Å². The van der Waals surface area contributed by atoms with Crippen LogP contribution in [0, 0.1) is 0 Å². The highest BCUT2D eigenvalue weighted by Crippen LogP contribution is 2.44. The van der Waals surface area contributed by atoms with Gasteiger partial charge in [0.25, 0.3) is 0 Å². The molecule has 2 aromatic rings. The van der Waals surface area contributed by atoms with E-state index in [-0.39, 0.29) is 6.10 Å². The van der Waals surface area contributed by atoms with Gasteiger partial charge >= 0.3 is 0 Å². The second kappa shape index (κ2) is 6.89. The average molecular weight is 357 g/mol. The predicted octanol–water partition coefficient (Wildman–Crippen LogP) is 4.52. The largest absolute Gasteiger partial charge is 0.491 e. The van der Waals surface area contributed by atoms with Crippen molar-refractivity contribution in [2.45, 2.75) is 38.8 Å². The van der Waals surface area contributed by atoms with E-state index in [0.29, 0.717) is 6.04 Å². The molecular weight excluding hydrogens is 332 g/mol. The number of rotatable bonds is 3. The number of benzene rings is 2. The Hall–Kier alpha value is -1.71. The van der Waals surface area contributed by atoms with Crippen LogP contribution in [-0.2, 0) is 6.42 Å². The fraction of sp³-hybridized carbons (Fsp3) is 0.429. The van der Waals surface area contributed by atoms with E-state index < -0.39 is 0 Å². The van der Waals surface area contributed by atoms with Crippen LogP contribution in [0.3, 0.4) is 0 Å². The molecular formula is C21H25ClN2O. The van der Waals surface area contributed by atoms with Gasteiger partial charge in [-0.3, -0.25) is 0 Å². The molecule has 4 rings (SSSR count). The van der Waals surface area contributed by atoms with Gasteiger partial charge in [-0.2, -0.15) is 0 Å². The zero-order valence-electron chi connectivity index (χ0n) is 14.9. The van der Waals surface area contributed by atoms with Gasteiger partial charge in [-0.1, -0.05) is 29.8 Å². The van der Waals surface area contributed by atoms with Gasteiger partial charge < -0.3 is 15.0 Å². The van der Waals surface area contributed by atoms with Crippen molar-refractivity contribution in [3.05, 3.63) is 47.0 Å². The average Bonchev–Trinajstić information content (AvgIpc) is 2.77. The Labute approximate surface area is 154 Å². The Bertz CT molecular complexity index is 774. The minimum absolute atomic E-state index is 0.147. The van der Waals surface area contributed by atoms with Gasteiger partial charge in [0.05, 0.1) is 11.1 Å². The Morgan fingerprint density at radius 1 is 1.16 bits per heavy atom. The highest BCUT2D eigenvalue weighted by molar-refractivity contribution is 6.33. The molecule has 0 saturated carbocycles. The molecule has 25 heavy (non-hydrogen) atoms. The van der Waals surface area contributed by atoms with Crippen LogP contribution in [0.5, 0.6) is 5.75 Å². The summed E-state index contributed by atoms with van der Waals surface area (Å²) in [6, 6.07) is 13.3. The lowest BCUT2D eigenvalue weighted by atomic mass is 9.99. The first-order valence-corrected chi connectivity index (χ1v) is 9.57. The van der Waals surface area contributed by atoms with Gasteiger partial charge in [0, 0.05) is 35.9 Å². The molecule has 2 aliphatic heterocycles. The Kier molecular flexibility index (Phi) is 4.61. The molecule has 1 atom stereocenters. The molecule has 1 N–H and O–H groups in total. The summed E-state index contributed by atoms with van der Waals surface area (Å²) in [5, 5.41) is 4.27. The van der Waals surface area contributed by atoms with Crippen molar-refractivity contribution < 1.29 is 4.74 Å². The maximum Gasteiger partial charge on any atom is 0.121 e. The maximum absolute atomic E-state index is 6.65. The summed E-state index contributed by atoms with van der Waals surface area (Å²) in [5.41, 5.74) is 5.15. The van der Waals surface area contributed by atoms with Gasteiger partial charge in [0.15, 0.2) is 0 Å². The highest BCUT2D eigenvalue weighted by Gasteiger charge is 2.32. The normalized spacial score (nSPS) is 19.5. The van der Waals surface area contributed by atoms with Crippen molar-refractivity contribution in [2.75, 3.05) is 24.5 Å². The van der Waals surface area contributed by atoms with Gasteiger partial charge in [-0.25, -0.2) is 0 Å². The summed E-state index contributed by atoms with van der Waals surface area (Å²) < 4.78 is 5.78. The van der Waals surface area contributed by atoms with Crippen molar-refractivity contribution in [3.63, 3.8) is 0 Å². The van der Waals surface area contributed by atoms with E-state index in [1.54, 1.807) is 0 Å². The van der Waals surface area contributed by atoms with Crippen LogP contribution < -0.4 is 15.0 Å². The summed E-state index contributed by atoms with van der Waals surface area (Å²) in [5.74, 6) is 0.827. The van der Waals surface area contributed by atoms with Crippen molar-refractivity contribution in [1.29, 1.82) is 0 Å². The molecule has 2 aliphatic rings. The molecule has 0 aliphatic carbocycles. The van der Waals surface area contributed by atoms with Crippen LogP contribution in [0.25, 0.3) is 11.1 Å². The van der Waals surface area contributed by atoms with Gasteiger partial charge in [0.1, 0.15) is 5.75 Å². The van der Waals surface area contributed by atoms with Gasteiger partial charge in [0.2, 0.25) is 0 Å². The molecule has 0 spiro atoms. The van der Waals surface area contributed by atoms with Crippen LogP contribution >= 0.6 is 11.6 Å². The standard InChI is InChI=1S/C21H25ClN2O/c1-14(2)25-17-6-7-18(20(22)13-17)19-5-3-4-15-12-16-8-9-23-10-11-24(16)21(15)19/h3-7,13-14,16,23H,8-12H2,1-2H3. The van der Waals surface area contributed by atoms with Crippen LogP contribution in [-0.4, -0.2) is 31.8 Å². The molecule has 3 nitrogen and oxygen atoms in total. The van der Waals surface area contributed by atoms with E-state index in [9.17, 15) is 0 Å². The minimum atomic E-state index is 0.147. The minimum Gasteiger partial charge on any atom is -0.491 e. The topological polar surface area (TPSA) is 24.5 Å². The Balaban J connectivity index is 1.74. The van der Waals surface area contributed by atoms with E-state index in [2.05, 4.69) is 34.5 Å². The van der Waals surface area contributed by atoms with E-state index in [0.717, 1.165) is 42.4 Å². The van der Waals surface area contributed by atoms with E-state index in [1.165, 1.54) is 23.2 Å². The van der Waals surface area contributed by atoms with Crippen LogP contribution in [0.4, 0.5) is 5.69 Å². The van der Waals surface area contributed by atoms with Crippen LogP contribution in [0.15, 0.2) is 36.4 Å². The molecule has 1 unspecified atom stereocenters. The SMILES string of the molecule is CC(C)Oc1ccc(-c2cccc3c2N2CCNCCC2C3)c(Cl)c1. The number of anilines is 1. The number of halogens is 1. The Morgan fingerprint density at radius 2 is 2.04 bits per heavy atom. The monoisotopic (exact) mass is 356 g/mol. The highest BCUT2D eigenvalue weighted by atomic mass is 35.5. The summed E-state index contributed by atoms with van der Waals surface area (Å²) in [7, 11) is 0. The third-order valence-corrected chi connectivity index (χ3v) is 5.40. The van der Waals surface area contributed by atoms with Crippen molar-refractivity contribution >= 4 is 17.3 Å². The fourth-order valence-corrected chi connectivity index (χ4v) is 4.34. The molecule has 132 valence electrons. The number of nitrogens with one attached hydrogen (secondary N) is 1. The number of hydrogen-bond acceptors (Lipinski definition) is 3.